The van der Waals surface area contributed by atoms with E-state index in [0.29, 0.717) is 10.2 Å². The van der Waals surface area contributed by atoms with E-state index in [4.69, 9.17) is 10.00 Å². The molecule has 0 amide bonds. The first-order chi connectivity index (χ1) is 13.7. The van der Waals surface area contributed by atoms with Gasteiger partial charge in [-0.25, -0.2) is 13.6 Å². The lowest BCUT2D eigenvalue weighted by Gasteiger charge is -2.12. The van der Waals surface area contributed by atoms with Gasteiger partial charge in [-0.05, 0) is 12.0 Å². The SMILES string of the molecule is CC(C)c1cc(Oc2c(F)cc(-n3nc(C#N)c(=O)[nH]c3=O)cc2F)c[nH]c1=O. The van der Waals surface area contributed by atoms with Crippen LogP contribution in [0, 0.1) is 23.0 Å². The van der Waals surface area contributed by atoms with E-state index in [2.05, 4.69) is 10.1 Å². The largest absolute Gasteiger partial charge is 0.450 e. The zero-order valence-electron chi connectivity index (χ0n) is 15.1. The highest BCUT2D eigenvalue weighted by Gasteiger charge is 2.18. The molecule has 1 aromatic carbocycles. The predicted molar refractivity (Wildman–Crippen MR) is 96.3 cm³/mol. The molecule has 11 heteroatoms. The summed E-state index contributed by atoms with van der Waals surface area (Å²) in [5.74, 6) is -3.25. The molecule has 2 N–H and O–H groups in total. The zero-order valence-corrected chi connectivity index (χ0v) is 15.1. The number of ether oxygens (including phenoxy) is 1. The van der Waals surface area contributed by atoms with Gasteiger partial charge < -0.3 is 9.72 Å². The molecular weight excluding hydrogens is 388 g/mol. The highest BCUT2D eigenvalue weighted by molar-refractivity contribution is 5.42. The van der Waals surface area contributed by atoms with E-state index in [-0.39, 0.29) is 22.9 Å². The van der Waals surface area contributed by atoms with E-state index >= 15 is 0 Å². The fourth-order valence-electron chi connectivity index (χ4n) is 2.50. The Morgan fingerprint density at radius 2 is 1.79 bits per heavy atom. The highest BCUT2D eigenvalue weighted by Crippen LogP contribution is 2.29. The van der Waals surface area contributed by atoms with Crippen LogP contribution in [-0.4, -0.2) is 19.7 Å². The summed E-state index contributed by atoms with van der Waals surface area (Å²) >= 11 is 0. The van der Waals surface area contributed by atoms with E-state index in [1.165, 1.54) is 12.1 Å². The average Bonchev–Trinajstić information content (AvgIpc) is 2.65. The van der Waals surface area contributed by atoms with Crippen LogP contribution in [0.25, 0.3) is 5.69 Å². The number of halogens is 2. The van der Waals surface area contributed by atoms with Crippen molar-refractivity contribution in [3.63, 3.8) is 0 Å². The van der Waals surface area contributed by atoms with Gasteiger partial charge in [0.15, 0.2) is 17.4 Å². The van der Waals surface area contributed by atoms with E-state index in [1.807, 2.05) is 4.98 Å². The molecular formula is C18H13F2N5O4. The van der Waals surface area contributed by atoms with Gasteiger partial charge in [-0.15, -0.1) is 5.10 Å². The molecule has 3 rings (SSSR count). The number of H-pyrrole nitrogens is 2. The van der Waals surface area contributed by atoms with E-state index < -0.39 is 34.3 Å². The van der Waals surface area contributed by atoms with Crippen LogP contribution in [-0.2, 0) is 0 Å². The van der Waals surface area contributed by atoms with Crippen LogP contribution in [0.4, 0.5) is 8.78 Å². The first-order valence-electron chi connectivity index (χ1n) is 8.25. The molecule has 29 heavy (non-hydrogen) atoms. The lowest BCUT2D eigenvalue weighted by Crippen LogP contribution is -2.33. The van der Waals surface area contributed by atoms with Gasteiger partial charge in [0.25, 0.3) is 11.1 Å². The van der Waals surface area contributed by atoms with E-state index in [9.17, 15) is 23.2 Å². The Labute approximate surface area is 160 Å². The van der Waals surface area contributed by atoms with Crippen LogP contribution >= 0.6 is 0 Å². The van der Waals surface area contributed by atoms with Crippen molar-refractivity contribution in [2.75, 3.05) is 0 Å². The summed E-state index contributed by atoms with van der Waals surface area (Å²) < 4.78 is 34.7. The van der Waals surface area contributed by atoms with Gasteiger partial charge in [0.2, 0.25) is 5.69 Å². The van der Waals surface area contributed by atoms with Crippen molar-refractivity contribution < 1.29 is 13.5 Å². The summed E-state index contributed by atoms with van der Waals surface area (Å²) in [6.07, 6.45) is 1.16. The van der Waals surface area contributed by atoms with Crippen molar-refractivity contribution in [3.05, 3.63) is 78.5 Å². The van der Waals surface area contributed by atoms with Gasteiger partial charge in [0, 0.05) is 23.9 Å². The minimum absolute atomic E-state index is 0.00458. The number of aromatic nitrogens is 4. The van der Waals surface area contributed by atoms with Crippen LogP contribution in [0.3, 0.4) is 0 Å². The van der Waals surface area contributed by atoms with E-state index in [0.717, 1.165) is 18.3 Å². The van der Waals surface area contributed by atoms with Crippen LogP contribution < -0.4 is 21.5 Å². The molecule has 2 aromatic heterocycles. The first kappa shape index (κ1) is 19.7. The number of nitrogens with one attached hydrogen (secondary N) is 2. The number of aromatic amines is 2. The number of pyridine rings is 1. The van der Waals surface area contributed by atoms with E-state index in [1.54, 1.807) is 13.8 Å². The molecule has 0 spiro atoms. The number of hydrogen-bond acceptors (Lipinski definition) is 6. The first-order valence-corrected chi connectivity index (χ1v) is 8.25. The molecule has 0 aliphatic heterocycles. The Kier molecular flexibility index (Phi) is 5.10. The molecule has 9 nitrogen and oxygen atoms in total. The van der Waals surface area contributed by atoms with Crippen molar-refractivity contribution in [1.29, 1.82) is 5.26 Å². The molecule has 0 bridgehead atoms. The number of benzene rings is 1. The Balaban J connectivity index is 2.05. The fourth-order valence-corrected chi connectivity index (χ4v) is 2.50. The Bertz CT molecular complexity index is 1290. The predicted octanol–water partition coefficient (Wildman–Crippen LogP) is 1.67. The highest BCUT2D eigenvalue weighted by atomic mass is 19.1. The third-order valence-electron chi connectivity index (χ3n) is 3.91. The summed E-state index contributed by atoms with van der Waals surface area (Å²) in [5.41, 5.74) is -3.10. The Morgan fingerprint density at radius 1 is 1.14 bits per heavy atom. The summed E-state index contributed by atoms with van der Waals surface area (Å²) in [5, 5.41) is 12.3. The van der Waals surface area contributed by atoms with Gasteiger partial charge in [0.1, 0.15) is 11.8 Å². The third kappa shape index (κ3) is 3.81. The van der Waals surface area contributed by atoms with Gasteiger partial charge in [-0.3, -0.25) is 14.6 Å². The van der Waals surface area contributed by atoms with Crippen molar-refractivity contribution in [1.82, 2.24) is 19.7 Å². The zero-order chi connectivity index (χ0) is 21.3. The maximum absolute atomic E-state index is 14.5. The minimum atomic E-state index is -1.17. The molecule has 2 heterocycles. The second-order valence-corrected chi connectivity index (χ2v) is 6.25. The Morgan fingerprint density at radius 3 is 2.38 bits per heavy atom. The molecule has 0 saturated heterocycles. The van der Waals surface area contributed by atoms with Crippen LogP contribution in [0.15, 0.2) is 38.8 Å². The number of nitriles is 1. The minimum Gasteiger partial charge on any atom is -0.450 e. The summed E-state index contributed by atoms with van der Waals surface area (Å²) in [4.78, 5) is 39.3. The summed E-state index contributed by atoms with van der Waals surface area (Å²) in [6, 6.07) is 4.34. The smallest absolute Gasteiger partial charge is 0.349 e. The monoisotopic (exact) mass is 401 g/mol. The maximum atomic E-state index is 14.5. The standard InChI is InChI=1S/C18H13F2N5O4/c1-8(2)11-5-10(7-22-16(11)26)29-15-12(19)3-9(4-13(15)20)25-18(28)23-17(27)14(6-21)24-25/h3-5,7-8H,1-2H3,(H,22,26)(H,23,27,28). The second kappa shape index (κ2) is 7.51. The van der Waals surface area contributed by atoms with Crippen molar-refractivity contribution in [2.45, 2.75) is 19.8 Å². The number of hydrogen-bond donors (Lipinski definition) is 2. The van der Waals surface area contributed by atoms with Crippen LogP contribution in [0.1, 0.15) is 31.0 Å². The average molecular weight is 401 g/mol. The topological polar surface area (TPSA) is 134 Å². The number of rotatable bonds is 4. The molecule has 0 aliphatic rings. The molecule has 0 unspecified atom stereocenters. The Hall–Kier alpha value is -4.07. The summed E-state index contributed by atoms with van der Waals surface area (Å²) in [7, 11) is 0. The normalized spacial score (nSPS) is 10.8. The van der Waals surface area contributed by atoms with Crippen molar-refractivity contribution in [3.8, 4) is 23.3 Å². The molecule has 3 aromatic rings. The lowest BCUT2D eigenvalue weighted by atomic mass is 10.1. The van der Waals surface area contributed by atoms with Gasteiger partial charge in [-0.1, -0.05) is 13.8 Å². The molecule has 0 radical (unpaired) electrons. The third-order valence-corrected chi connectivity index (χ3v) is 3.91. The van der Waals surface area contributed by atoms with Gasteiger partial charge in [0.05, 0.1) is 5.69 Å². The molecule has 0 saturated carbocycles. The van der Waals surface area contributed by atoms with Crippen LogP contribution in [0.5, 0.6) is 11.5 Å². The number of nitrogens with zero attached hydrogens (tertiary/aromatic N) is 3. The molecule has 0 aliphatic carbocycles. The molecule has 0 atom stereocenters. The molecule has 148 valence electrons. The van der Waals surface area contributed by atoms with Crippen molar-refractivity contribution in [2.24, 2.45) is 0 Å². The molecule has 0 fully saturated rings. The van der Waals surface area contributed by atoms with Gasteiger partial charge >= 0.3 is 5.69 Å². The lowest BCUT2D eigenvalue weighted by molar-refractivity contribution is 0.404. The maximum Gasteiger partial charge on any atom is 0.349 e. The van der Waals surface area contributed by atoms with Crippen molar-refractivity contribution >= 4 is 0 Å². The summed E-state index contributed by atoms with van der Waals surface area (Å²) in [6.45, 7) is 3.55. The second-order valence-electron chi connectivity index (χ2n) is 6.25. The quantitative estimate of drug-likeness (QED) is 0.683. The van der Waals surface area contributed by atoms with Crippen LogP contribution in [0.2, 0.25) is 0 Å². The van der Waals surface area contributed by atoms with Gasteiger partial charge in [-0.2, -0.15) is 9.94 Å². The fraction of sp³-hybridized carbons (Fsp3) is 0.167.